The molecule has 6 N–H and O–H groups in total. The second-order valence-corrected chi connectivity index (χ2v) is 18.0. The standard InChI is InChI=1S/C51H69N3O5/c1-4-14-36(33-55)31-40(56)24-22-37-32-47(59-41-18-9-10-19-41)49(57)48-42(37)26-27-44-45(51(29-11-6-12-30-51)39-16-7-5-8-17-39)20-13-15-35(2)21-25-43(48)38(34-58-3)23-28-46(44)54-50(52)53/h5,7-8,16-17,31-32,35,38,41,43-46,55,57H,4,6,9-12,14-15,18-19,21-25,28-30,33-34H2,1-3H3,(H4,52,53,54)/b36-31-/t35-,38-,43+,44-,45+,46+/m0/s1. The van der Waals surface area contributed by atoms with Crippen molar-refractivity contribution in [2.24, 2.45) is 40.1 Å². The van der Waals surface area contributed by atoms with E-state index >= 15 is 0 Å². The van der Waals surface area contributed by atoms with Crippen molar-refractivity contribution < 1.29 is 24.5 Å². The molecule has 0 unspecified atom stereocenters. The first-order valence-corrected chi connectivity index (χ1v) is 22.7. The molecule has 6 atom stereocenters. The van der Waals surface area contributed by atoms with E-state index in [2.05, 4.69) is 60.9 Å². The van der Waals surface area contributed by atoms with E-state index in [1.54, 1.807) is 13.2 Å². The summed E-state index contributed by atoms with van der Waals surface area (Å²) < 4.78 is 12.7. The number of ether oxygens (including phenoxy) is 2. The minimum atomic E-state index is -0.332. The van der Waals surface area contributed by atoms with Gasteiger partial charge in [-0.1, -0.05) is 87.6 Å². The zero-order valence-corrected chi connectivity index (χ0v) is 35.9. The van der Waals surface area contributed by atoms with Crippen LogP contribution in [0.3, 0.4) is 0 Å². The highest BCUT2D eigenvalue weighted by molar-refractivity contribution is 5.90. The summed E-state index contributed by atoms with van der Waals surface area (Å²) in [6.45, 7) is 4.70. The molecule has 59 heavy (non-hydrogen) atoms. The van der Waals surface area contributed by atoms with Gasteiger partial charge in [0.1, 0.15) is 0 Å². The number of carbonyl (C=O) groups is 1. The molecule has 0 radical (unpaired) electrons. The zero-order chi connectivity index (χ0) is 41.8. The Hall–Kier alpha value is -4.24. The molecular formula is C51H69N3O5. The highest BCUT2D eigenvalue weighted by Crippen LogP contribution is 2.51. The van der Waals surface area contributed by atoms with Gasteiger partial charge in [0.2, 0.25) is 0 Å². The number of hydrogen-bond acceptors (Lipinski definition) is 6. The number of fused-ring (bicyclic) bond motifs is 8. The molecule has 7 rings (SSSR count). The van der Waals surface area contributed by atoms with E-state index in [0.29, 0.717) is 37.5 Å². The number of ketones is 1. The molecule has 8 heteroatoms. The SMILES string of the molecule is CCC/C(=C/C(=O)CCc1cc(OC2CCCC2)c(O)c2c1C#C[C@H]1[C@H](C3(c4ccccc4)CCCCC3)C#CC[C@H](C)CC[C@@H]2[C@H](COC)CC[C@H]1N=C(N)N)CO. The van der Waals surface area contributed by atoms with Gasteiger partial charge in [-0.15, -0.1) is 5.92 Å². The average Bonchev–Trinajstić information content (AvgIpc) is 3.76. The van der Waals surface area contributed by atoms with Gasteiger partial charge in [0.15, 0.2) is 23.2 Å². The molecule has 0 aromatic heterocycles. The van der Waals surface area contributed by atoms with Gasteiger partial charge in [-0.05, 0) is 124 Å². The van der Waals surface area contributed by atoms with E-state index in [1.165, 1.54) is 12.0 Å². The predicted octanol–water partition coefficient (Wildman–Crippen LogP) is 9.03. The number of allylic oxidation sites excluding steroid dienone is 1. The lowest BCUT2D eigenvalue weighted by atomic mass is 9.57. The number of aliphatic hydroxyl groups is 1. The summed E-state index contributed by atoms with van der Waals surface area (Å²) in [6, 6.07) is 12.5. The van der Waals surface area contributed by atoms with Gasteiger partial charge in [-0.2, -0.15) is 0 Å². The van der Waals surface area contributed by atoms with Crippen LogP contribution in [0.2, 0.25) is 0 Å². The summed E-state index contributed by atoms with van der Waals surface area (Å²) in [7, 11) is 1.75. The number of phenols is 1. The van der Waals surface area contributed by atoms with Gasteiger partial charge in [0, 0.05) is 49.0 Å². The molecule has 5 aliphatic carbocycles. The summed E-state index contributed by atoms with van der Waals surface area (Å²) >= 11 is 0. The van der Waals surface area contributed by atoms with Crippen LogP contribution in [0.5, 0.6) is 11.5 Å². The molecule has 0 aliphatic heterocycles. The fourth-order valence-corrected chi connectivity index (χ4v) is 10.7. The first-order chi connectivity index (χ1) is 28.7. The van der Waals surface area contributed by atoms with Crippen molar-refractivity contribution in [1.82, 2.24) is 0 Å². The molecule has 0 heterocycles. The van der Waals surface area contributed by atoms with E-state index in [1.807, 2.05) is 13.0 Å². The molecule has 5 aliphatic rings. The Balaban J connectivity index is 1.63. The predicted molar refractivity (Wildman–Crippen MR) is 237 cm³/mol. The number of guanidine groups is 1. The number of aliphatic hydroxyl groups excluding tert-OH is 1. The lowest BCUT2D eigenvalue weighted by Gasteiger charge is -2.45. The third kappa shape index (κ3) is 10.9. The van der Waals surface area contributed by atoms with Gasteiger partial charge < -0.3 is 31.2 Å². The lowest BCUT2D eigenvalue weighted by Crippen LogP contribution is -2.44. The molecule has 2 fully saturated rings. The van der Waals surface area contributed by atoms with Crippen LogP contribution in [0.4, 0.5) is 0 Å². The maximum atomic E-state index is 13.6. The van der Waals surface area contributed by atoms with Gasteiger partial charge in [-0.25, -0.2) is 4.99 Å². The number of methoxy groups -OCH3 is 1. The van der Waals surface area contributed by atoms with E-state index in [9.17, 15) is 15.0 Å². The van der Waals surface area contributed by atoms with Crippen LogP contribution in [0, 0.1) is 47.4 Å². The summed E-state index contributed by atoms with van der Waals surface area (Å²) in [5.41, 5.74) is 16.9. The van der Waals surface area contributed by atoms with E-state index in [0.717, 1.165) is 106 Å². The Morgan fingerprint density at radius 1 is 0.983 bits per heavy atom. The van der Waals surface area contributed by atoms with Crippen LogP contribution < -0.4 is 16.2 Å². The lowest BCUT2D eigenvalue weighted by molar-refractivity contribution is -0.114. The van der Waals surface area contributed by atoms with Crippen molar-refractivity contribution >= 4 is 11.7 Å². The van der Waals surface area contributed by atoms with E-state index in [-0.39, 0.29) is 71.8 Å². The minimum absolute atomic E-state index is 0.0206. The number of aliphatic imine (C=N–C) groups is 1. The van der Waals surface area contributed by atoms with Crippen molar-refractivity contribution in [3.8, 4) is 35.2 Å². The fraction of sp³-hybridized carbons (Fsp3) is 0.608. The Labute approximate surface area is 354 Å². The third-order valence-electron chi connectivity index (χ3n) is 13.7. The van der Waals surface area contributed by atoms with Crippen molar-refractivity contribution in [3.05, 3.63) is 70.3 Å². The zero-order valence-electron chi connectivity index (χ0n) is 35.9. The second kappa shape index (κ2) is 21.3. The van der Waals surface area contributed by atoms with Crippen molar-refractivity contribution in [1.29, 1.82) is 0 Å². The first-order valence-electron chi connectivity index (χ1n) is 22.7. The van der Waals surface area contributed by atoms with Crippen LogP contribution in [0.15, 0.2) is 53.0 Å². The highest BCUT2D eigenvalue weighted by Gasteiger charge is 2.47. The van der Waals surface area contributed by atoms with Crippen LogP contribution in [-0.2, 0) is 21.4 Å². The number of rotatable bonds is 14. The number of aryl methyl sites for hydroxylation is 1. The summed E-state index contributed by atoms with van der Waals surface area (Å²) in [4.78, 5) is 18.6. The third-order valence-corrected chi connectivity index (χ3v) is 13.7. The number of hydrogen-bond donors (Lipinski definition) is 4. The van der Waals surface area contributed by atoms with Crippen LogP contribution >= 0.6 is 0 Å². The van der Waals surface area contributed by atoms with E-state index in [4.69, 9.17) is 25.9 Å². The van der Waals surface area contributed by atoms with Crippen molar-refractivity contribution in [2.45, 2.75) is 153 Å². The molecule has 0 saturated heterocycles. The van der Waals surface area contributed by atoms with Crippen LogP contribution in [0.1, 0.15) is 151 Å². The molecule has 0 amide bonds. The summed E-state index contributed by atoms with van der Waals surface area (Å²) in [6.07, 6.45) is 17.2. The first kappa shape index (κ1) is 44.3. The van der Waals surface area contributed by atoms with Gasteiger partial charge in [0.05, 0.1) is 24.7 Å². The molecule has 0 spiro atoms. The monoisotopic (exact) mass is 804 g/mol. The normalized spacial score (nSPS) is 25.9. The molecule has 2 bridgehead atoms. The minimum Gasteiger partial charge on any atom is -0.504 e. The number of phenolic OH excluding ortho intramolecular Hbond substituents is 1. The molecular weight excluding hydrogens is 735 g/mol. The Morgan fingerprint density at radius 2 is 1.75 bits per heavy atom. The van der Waals surface area contributed by atoms with Gasteiger partial charge in [-0.3, -0.25) is 4.79 Å². The largest absolute Gasteiger partial charge is 0.504 e. The Kier molecular flexibility index (Phi) is 16.0. The molecule has 2 saturated carbocycles. The number of nitrogens with zero attached hydrogens (tertiary/aromatic N) is 1. The smallest absolute Gasteiger partial charge is 0.186 e. The molecule has 2 aromatic carbocycles. The summed E-state index contributed by atoms with van der Waals surface area (Å²) in [5, 5.41) is 22.6. The summed E-state index contributed by atoms with van der Waals surface area (Å²) in [5.74, 6) is 15.6. The maximum absolute atomic E-state index is 13.6. The van der Waals surface area contributed by atoms with Gasteiger partial charge in [0.25, 0.3) is 0 Å². The average molecular weight is 804 g/mol. The van der Waals surface area contributed by atoms with Crippen LogP contribution in [0.25, 0.3) is 0 Å². The Morgan fingerprint density at radius 3 is 2.44 bits per heavy atom. The topological polar surface area (TPSA) is 140 Å². The van der Waals surface area contributed by atoms with Gasteiger partial charge >= 0.3 is 0 Å². The van der Waals surface area contributed by atoms with Crippen molar-refractivity contribution in [3.63, 3.8) is 0 Å². The number of carbonyl (C=O) groups excluding carboxylic acids is 1. The van der Waals surface area contributed by atoms with Crippen molar-refractivity contribution in [2.75, 3.05) is 20.3 Å². The number of nitrogens with two attached hydrogens (primary N) is 2. The number of benzene rings is 2. The molecule has 2 aromatic rings. The van der Waals surface area contributed by atoms with E-state index < -0.39 is 0 Å². The molecule has 8 nitrogen and oxygen atoms in total. The fourth-order valence-electron chi connectivity index (χ4n) is 10.7. The quantitative estimate of drug-likeness (QED) is 0.0647. The van der Waals surface area contributed by atoms with Crippen LogP contribution in [-0.4, -0.2) is 54.4 Å². The maximum Gasteiger partial charge on any atom is 0.186 e. The number of aromatic hydroxyl groups is 1. The molecule has 318 valence electrons. The highest BCUT2D eigenvalue weighted by atomic mass is 16.5. The Bertz CT molecular complexity index is 1900. The second-order valence-electron chi connectivity index (χ2n) is 18.0.